The van der Waals surface area contributed by atoms with Crippen LogP contribution in [0.15, 0.2) is 0 Å². The van der Waals surface area contributed by atoms with Gasteiger partial charge in [0.05, 0.1) is 6.61 Å². The summed E-state index contributed by atoms with van der Waals surface area (Å²) in [6, 6.07) is -0.120. The fourth-order valence-electron chi connectivity index (χ4n) is 1.74. The predicted octanol–water partition coefficient (Wildman–Crippen LogP) is 1.41. The van der Waals surface area contributed by atoms with Crippen molar-refractivity contribution in [1.29, 1.82) is 0 Å². The van der Waals surface area contributed by atoms with E-state index in [0.29, 0.717) is 13.1 Å². The lowest BCUT2D eigenvalue weighted by Gasteiger charge is -2.38. The minimum atomic E-state index is -0.389. The number of carbonyl (C=O) groups is 1. The molecule has 1 aliphatic rings. The molecule has 0 aromatic carbocycles. The molecule has 4 nitrogen and oxygen atoms in total. The van der Waals surface area contributed by atoms with Crippen LogP contribution < -0.4 is 0 Å². The van der Waals surface area contributed by atoms with Crippen molar-refractivity contribution in [2.75, 3.05) is 25.8 Å². The van der Waals surface area contributed by atoms with Gasteiger partial charge in [0.1, 0.15) is 0 Å². The normalized spacial score (nSPS) is 27.5. The molecule has 0 aromatic heterocycles. The Morgan fingerprint density at radius 1 is 1.71 bits per heavy atom. The molecule has 0 saturated carbocycles. The fraction of sp³-hybridized carbons (Fsp3) is 0.889. The zero-order valence-electron chi connectivity index (χ0n) is 8.33. The van der Waals surface area contributed by atoms with E-state index >= 15 is 0 Å². The quantitative estimate of drug-likeness (QED) is 0.718. The number of alkyl halides is 1. The van der Waals surface area contributed by atoms with Crippen molar-refractivity contribution in [3.05, 3.63) is 0 Å². The van der Waals surface area contributed by atoms with Gasteiger partial charge in [-0.1, -0.05) is 18.5 Å². The largest absolute Gasteiger partial charge is 0.433 e. The molecule has 14 heavy (non-hydrogen) atoms. The van der Waals surface area contributed by atoms with E-state index < -0.39 is 0 Å². The average Bonchev–Trinajstić information content (AvgIpc) is 2.18. The number of carbonyl (C=O) groups excluding carboxylic acids is 1. The standard InChI is InChI=1S/C9H16ClNO3/c1-9(6-12)3-2-4-11(5-9)8(13)14-7-10/h12H,2-7H2,1H3. The summed E-state index contributed by atoms with van der Waals surface area (Å²) in [6.07, 6.45) is 1.45. The number of piperidine rings is 1. The number of nitrogens with zero attached hydrogens (tertiary/aromatic N) is 1. The third-order valence-electron chi connectivity index (χ3n) is 2.60. The van der Waals surface area contributed by atoms with Crippen LogP contribution >= 0.6 is 11.6 Å². The molecule has 1 N–H and O–H groups in total. The molecule has 0 aliphatic carbocycles. The van der Waals surface area contributed by atoms with Crippen molar-refractivity contribution in [2.24, 2.45) is 5.41 Å². The number of hydrogen-bond acceptors (Lipinski definition) is 3. The highest BCUT2D eigenvalue weighted by Crippen LogP contribution is 2.28. The monoisotopic (exact) mass is 221 g/mol. The number of halogens is 1. The maximum absolute atomic E-state index is 11.3. The number of aliphatic hydroxyl groups excluding tert-OH is 1. The molecule has 0 spiro atoms. The lowest BCUT2D eigenvalue weighted by molar-refractivity contribution is 0.0387. The first-order chi connectivity index (χ1) is 6.61. The minimum absolute atomic E-state index is 0.0949. The zero-order chi connectivity index (χ0) is 10.6. The molecule has 1 heterocycles. The molecule has 0 bridgehead atoms. The molecule has 0 radical (unpaired) electrons. The van der Waals surface area contributed by atoms with Gasteiger partial charge in [0.25, 0.3) is 0 Å². The Morgan fingerprint density at radius 2 is 2.43 bits per heavy atom. The van der Waals surface area contributed by atoms with Crippen molar-refractivity contribution < 1.29 is 14.6 Å². The van der Waals surface area contributed by atoms with Crippen LogP contribution in [0, 0.1) is 5.41 Å². The molecule has 5 heteroatoms. The SMILES string of the molecule is CC1(CO)CCCN(C(=O)OCCl)C1. The van der Waals surface area contributed by atoms with Gasteiger partial charge < -0.3 is 14.7 Å². The van der Waals surface area contributed by atoms with Crippen LogP contribution in [0.5, 0.6) is 0 Å². The molecule has 1 atom stereocenters. The van der Waals surface area contributed by atoms with Crippen LogP contribution in [-0.4, -0.2) is 41.9 Å². The van der Waals surface area contributed by atoms with Crippen molar-refractivity contribution in [1.82, 2.24) is 4.90 Å². The van der Waals surface area contributed by atoms with Crippen molar-refractivity contribution >= 4 is 17.7 Å². The second-order valence-electron chi connectivity index (χ2n) is 4.01. The molecular weight excluding hydrogens is 206 g/mol. The Bertz CT molecular complexity index is 212. The van der Waals surface area contributed by atoms with Crippen LogP contribution in [0.4, 0.5) is 4.79 Å². The van der Waals surface area contributed by atoms with Crippen LogP contribution in [0.3, 0.4) is 0 Å². The Hall–Kier alpha value is -0.480. The van der Waals surface area contributed by atoms with Gasteiger partial charge in [-0.05, 0) is 12.8 Å². The van der Waals surface area contributed by atoms with E-state index in [0.717, 1.165) is 12.8 Å². The van der Waals surface area contributed by atoms with E-state index in [1.54, 1.807) is 4.90 Å². The highest BCUT2D eigenvalue weighted by molar-refractivity contribution is 6.17. The Morgan fingerprint density at radius 3 is 3.00 bits per heavy atom. The molecular formula is C9H16ClNO3. The summed E-state index contributed by atoms with van der Waals surface area (Å²) in [5.41, 5.74) is -0.191. The van der Waals surface area contributed by atoms with Crippen molar-refractivity contribution in [2.45, 2.75) is 19.8 Å². The maximum Gasteiger partial charge on any atom is 0.410 e. The number of amides is 1. The summed E-state index contributed by atoms with van der Waals surface area (Å²) in [7, 11) is 0. The first kappa shape index (κ1) is 11.6. The summed E-state index contributed by atoms with van der Waals surface area (Å²) < 4.78 is 4.69. The van der Waals surface area contributed by atoms with E-state index in [-0.39, 0.29) is 24.2 Å². The van der Waals surface area contributed by atoms with Crippen molar-refractivity contribution in [3.63, 3.8) is 0 Å². The number of aliphatic hydroxyl groups is 1. The van der Waals surface area contributed by atoms with Gasteiger partial charge in [-0.3, -0.25) is 0 Å². The van der Waals surface area contributed by atoms with E-state index in [4.69, 9.17) is 11.6 Å². The van der Waals surface area contributed by atoms with Gasteiger partial charge in [-0.2, -0.15) is 0 Å². The topological polar surface area (TPSA) is 49.8 Å². The number of ether oxygens (including phenoxy) is 1. The molecule has 1 rings (SSSR count). The fourth-order valence-corrected chi connectivity index (χ4v) is 1.83. The number of likely N-dealkylation sites (tertiary alicyclic amines) is 1. The van der Waals surface area contributed by atoms with Gasteiger partial charge in [-0.25, -0.2) is 4.79 Å². The van der Waals surface area contributed by atoms with Gasteiger partial charge in [0.2, 0.25) is 0 Å². The first-order valence-corrected chi connectivity index (χ1v) is 5.23. The third kappa shape index (κ3) is 2.75. The number of hydrogen-bond donors (Lipinski definition) is 1. The van der Waals surface area contributed by atoms with Gasteiger partial charge in [-0.15, -0.1) is 0 Å². The molecule has 1 fully saturated rings. The van der Waals surface area contributed by atoms with Gasteiger partial charge in [0, 0.05) is 18.5 Å². The lowest BCUT2D eigenvalue weighted by Crippen LogP contribution is -2.46. The zero-order valence-corrected chi connectivity index (χ0v) is 9.09. The van der Waals surface area contributed by atoms with E-state index in [1.165, 1.54) is 0 Å². The molecule has 1 saturated heterocycles. The summed E-state index contributed by atoms with van der Waals surface area (Å²) in [6.45, 7) is 3.29. The Kier molecular flexibility index (Phi) is 4.01. The first-order valence-electron chi connectivity index (χ1n) is 4.70. The maximum atomic E-state index is 11.3. The highest BCUT2D eigenvalue weighted by atomic mass is 35.5. The highest BCUT2D eigenvalue weighted by Gasteiger charge is 2.33. The summed E-state index contributed by atoms with van der Waals surface area (Å²) >= 11 is 5.30. The summed E-state index contributed by atoms with van der Waals surface area (Å²) in [5, 5.41) is 9.17. The Balaban J connectivity index is 2.51. The van der Waals surface area contributed by atoms with E-state index in [9.17, 15) is 9.90 Å². The summed E-state index contributed by atoms with van der Waals surface area (Å²) in [5.74, 6) is 0. The smallest absolute Gasteiger partial charge is 0.410 e. The molecule has 0 aromatic rings. The molecule has 1 unspecified atom stereocenters. The molecule has 1 amide bonds. The Labute approximate surface area is 88.8 Å². The average molecular weight is 222 g/mol. The molecule has 82 valence electrons. The van der Waals surface area contributed by atoms with E-state index in [2.05, 4.69) is 4.74 Å². The predicted molar refractivity (Wildman–Crippen MR) is 53.2 cm³/mol. The second kappa shape index (κ2) is 4.84. The molecule has 1 aliphatic heterocycles. The third-order valence-corrected chi connectivity index (χ3v) is 2.71. The van der Waals surface area contributed by atoms with Crippen LogP contribution in [0.2, 0.25) is 0 Å². The summed E-state index contributed by atoms with van der Waals surface area (Å²) in [4.78, 5) is 12.9. The van der Waals surface area contributed by atoms with Crippen LogP contribution in [0.25, 0.3) is 0 Å². The van der Waals surface area contributed by atoms with Gasteiger partial charge >= 0.3 is 6.09 Å². The lowest BCUT2D eigenvalue weighted by atomic mass is 9.83. The van der Waals surface area contributed by atoms with Gasteiger partial charge in [0.15, 0.2) is 6.07 Å². The minimum Gasteiger partial charge on any atom is -0.433 e. The second-order valence-corrected chi connectivity index (χ2v) is 4.23. The van der Waals surface area contributed by atoms with Crippen molar-refractivity contribution in [3.8, 4) is 0 Å². The van der Waals surface area contributed by atoms with E-state index in [1.807, 2.05) is 6.92 Å². The van der Waals surface area contributed by atoms with Crippen LogP contribution in [-0.2, 0) is 4.74 Å². The van der Waals surface area contributed by atoms with Crippen LogP contribution in [0.1, 0.15) is 19.8 Å². The number of rotatable bonds is 2.